The van der Waals surface area contributed by atoms with E-state index in [4.69, 9.17) is 11.6 Å². The number of hydrogen-bond acceptors (Lipinski definition) is 3. The van der Waals surface area contributed by atoms with Crippen LogP contribution in [0.4, 0.5) is 5.69 Å². The molecule has 4 nitrogen and oxygen atoms in total. The van der Waals surface area contributed by atoms with Crippen molar-refractivity contribution in [3.05, 3.63) is 100 Å². The Kier molecular flexibility index (Phi) is 5.94. The molecule has 158 valence electrons. The predicted molar refractivity (Wildman–Crippen MR) is 122 cm³/mol. The molecule has 3 aromatic carbocycles. The molecule has 1 heterocycles. The van der Waals surface area contributed by atoms with E-state index in [0.29, 0.717) is 21.8 Å². The monoisotopic (exact) mass is 433 g/mol. The topological polar surface area (TPSA) is 57.6 Å². The first-order chi connectivity index (χ1) is 14.9. The number of anilines is 1. The summed E-state index contributed by atoms with van der Waals surface area (Å²) in [7, 11) is 0. The molecule has 0 radical (unpaired) electrons. The molecule has 31 heavy (non-hydrogen) atoms. The third kappa shape index (κ3) is 4.14. The summed E-state index contributed by atoms with van der Waals surface area (Å²) in [6.07, 6.45) is 1.68. The highest BCUT2D eigenvalue weighted by molar-refractivity contribution is 6.30. The maximum atomic E-state index is 13.4. The summed E-state index contributed by atoms with van der Waals surface area (Å²) >= 11 is 5.97. The first kappa shape index (κ1) is 21.3. The molecule has 0 fully saturated rings. The molecule has 0 aliphatic carbocycles. The van der Waals surface area contributed by atoms with Crippen molar-refractivity contribution in [1.82, 2.24) is 0 Å². The summed E-state index contributed by atoms with van der Waals surface area (Å²) in [5.41, 5.74) is 1.74. The van der Waals surface area contributed by atoms with Crippen LogP contribution >= 0.6 is 11.6 Å². The number of rotatable bonds is 7. The lowest BCUT2D eigenvalue weighted by atomic mass is 9.88. The minimum absolute atomic E-state index is 0.262. The fraction of sp³-hybridized carbons (Fsp3) is 0.231. The van der Waals surface area contributed by atoms with Gasteiger partial charge in [0.2, 0.25) is 0 Å². The van der Waals surface area contributed by atoms with E-state index < -0.39 is 11.5 Å². The Balaban J connectivity index is 1.61. The number of Topliss-reactive ketones (excluding diaryl/α,β-unsaturated/α-hetero) is 1. The number of hydrogen-bond donors (Lipinski definition) is 1. The number of fused-ring (bicyclic) bond motifs is 1. The van der Waals surface area contributed by atoms with E-state index in [9.17, 15) is 14.7 Å². The number of aryl methyl sites for hydroxylation is 1. The van der Waals surface area contributed by atoms with Crippen molar-refractivity contribution >= 4 is 29.0 Å². The standard InChI is InChI=1S/C26H24ClNO3/c1-2-5-18-8-12-20(13-9-18)24(29)16-26(31)22-6-3-4-7-23(22)28(25(26)30)17-19-10-14-21(27)15-11-19/h3-4,6-15,31H,2,5,16-17H2,1H3. The van der Waals surface area contributed by atoms with Crippen molar-refractivity contribution in [1.29, 1.82) is 0 Å². The van der Waals surface area contributed by atoms with Crippen molar-refractivity contribution in [3.63, 3.8) is 0 Å². The lowest BCUT2D eigenvalue weighted by Gasteiger charge is -2.23. The number of halogens is 1. The molecule has 0 spiro atoms. The number of benzene rings is 3. The van der Waals surface area contributed by atoms with Gasteiger partial charge in [-0.1, -0.05) is 79.5 Å². The number of carbonyl (C=O) groups is 2. The van der Waals surface area contributed by atoms with Crippen LogP contribution in [0.15, 0.2) is 72.8 Å². The van der Waals surface area contributed by atoms with Gasteiger partial charge in [0.1, 0.15) is 0 Å². The van der Waals surface area contributed by atoms with Crippen LogP contribution in [0.5, 0.6) is 0 Å². The fourth-order valence-electron chi connectivity index (χ4n) is 4.09. The van der Waals surface area contributed by atoms with Crippen molar-refractivity contribution in [3.8, 4) is 0 Å². The van der Waals surface area contributed by atoms with Crippen molar-refractivity contribution in [2.75, 3.05) is 4.90 Å². The molecular formula is C26H24ClNO3. The third-order valence-electron chi connectivity index (χ3n) is 5.72. The number of amides is 1. The Morgan fingerprint density at radius 3 is 2.29 bits per heavy atom. The lowest BCUT2D eigenvalue weighted by Crippen LogP contribution is -2.41. The van der Waals surface area contributed by atoms with Gasteiger partial charge in [-0.05, 0) is 35.7 Å². The van der Waals surface area contributed by atoms with Gasteiger partial charge in [0, 0.05) is 16.1 Å². The first-order valence-corrected chi connectivity index (χ1v) is 10.8. The highest BCUT2D eigenvalue weighted by atomic mass is 35.5. The molecule has 3 aromatic rings. The SMILES string of the molecule is CCCc1ccc(C(=O)CC2(O)C(=O)N(Cc3ccc(Cl)cc3)c3ccccc32)cc1. The summed E-state index contributed by atoms with van der Waals surface area (Å²) in [5.74, 6) is -0.748. The number of aliphatic hydroxyl groups is 1. The van der Waals surface area contributed by atoms with Crippen LogP contribution in [0.1, 0.15) is 46.8 Å². The average Bonchev–Trinajstić information content (AvgIpc) is 2.98. The third-order valence-corrected chi connectivity index (χ3v) is 5.98. The molecule has 1 atom stereocenters. The van der Waals surface area contributed by atoms with Crippen LogP contribution in [-0.2, 0) is 23.4 Å². The second-order valence-corrected chi connectivity index (χ2v) is 8.38. The summed E-state index contributed by atoms with van der Waals surface area (Å²) < 4.78 is 0. The molecule has 1 N–H and O–H groups in total. The highest BCUT2D eigenvalue weighted by Gasteiger charge is 2.50. The fourth-order valence-corrected chi connectivity index (χ4v) is 4.21. The number of carbonyl (C=O) groups excluding carboxylic acids is 2. The Hall–Kier alpha value is -2.95. The van der Waals surface area contributed by atoms with E-state index in [1.807, 2.05) is 30.3 Å². The molecule has 5 heteroatoms. The molecule has 1 aliphatic rings. The van der Waals surface area contributed by atoms with E-state index in [-0.39, 0.29) is 18.7 Å². The van der Waals surface area contributed by atoms with Gasteiger partial charge >= 0.3 is 0 Å². The van der Waals surface area contributed by atoms with Gasteiger partial charge in [-0.25, -0.2) is 0 Å². The van der Waals surface area contributed by atoms with Crippen molar-refractivity contribution < 1.29 is 14.7 Å². The van der Waals surface area contributed by atoms with Crippen LogP contribution in [0, 0.1) is 0 Å². The molecule has 1 unspecified atom stereocenters. The van der Waals surface area contributed by atoms with Crippen LogP contribution in [-0.4, -0.2) is 16.8 Å². The Morgan fingerprint density at radius 1 is 0.968 bits per heavy atom. The largest absolute Gasteiger partial charge is 0.375 e. The minimum atomic E-state index is -1.89. The molecule has 4 rings (SSSR count). The van der Waals surface area contributed by atoms with Gasteiger partial charge in [-0.15, -0.1) is 0 Å². The second-order valence-electron chi connectivity index (χ2n) is 7.94. The Bertz CT molecular complexity index is 1110. The number of nitrogens with zero attached hydrogens (tertiary/aromatic N) is 1. The van der Waals surface area contributed by atoms with E-state index in [0.717, 1.165) is 24.0 Å². The number of ketones is 1. The molecule has 0 saturated carbocycles. The predicted octanol–water partition coefficient (Wildman–Crippen LogP) is 5.30. The molecule has 1 amide bonds. The molecule has 0 saturated heterocycles. The zero-order chi connectivity index (χ0) is 22.0. The van der Waals surface area contributed by atoms with Crippen LogP contribution in [0.25, 0.3) is 0 Å². The van der Waals surface area contributed by atoms with E-state index in [1.54, 1.807) is 42.5 Å². The van der Waals surface area contributed by atoms with Crippen LogP contribution in [0.3, 0.4) is 0 Å². The second kappa shape index (κ2) is 8.66. The Morgan fingerprint density at radius 2 is 1.61 bits per heavy atom. The summed E-state index contributed by atoms with van der Waals surface area (Å²) in [5, 5.41) is 12.1. The average molecular weight is 434 g/mol. The smallest absolute Gasteiger partial charge is 0.264 e. The maximum Gasteiger partial charge on any atom is 0.264 e. The maximum absolute atomic E-state index is 13.4. The van der Waals surface area contributed by atoms with Gasteiger partial charge in [0.15, 0.2) is 11.4 Å². The van der Waals surface area contributed by atoms with Gasteiger partial charge < -0.3 is 10.0 Å². The highest BCUT2D eigenvalue weighted by Crippen LogP contribution is 2.43. The zero-order valence-electron chi connectivity index (χ0n) is 17.3. The van der Waals surface area contributed by atoms with E-state index in [2.05, 4.69) is 6.92 Å². The van der Waals surface area contributed by atoms with Gasteiger partial charge in [0.25, 0.3) is 5.91 Å². The van der Waals surface area contributed by atoms with Gasteiger partial charge in [-0.3, -0.25) is 9.59 Å². The number of para-hydroxylation sites is 1. The summed E-state index contributed by atoms with van der Waals surface area (Å²) in [6.45, 7) is 2.39. The Labute approximate surface area is 187 Å². The molecule has 0 bridgehead atoms. The van der Waals surface area contributed by atoms with Gasteiger partial charge in [0.05, 0.1) is 18.7 Å². The summed E-state index contributed by atoms with van der Waals surface area (Å²) in [6, 6.07) is 21.7. The molecule has 0 aromatic heterocycles. The molecular weight excluding hydrogens is 410 g/mol. The lowest BCUT2D eigenvalue weighted by molar-refractivity contribution is -0.136. The van der Waals surface area contributed by atoms with Crippen LogP contribution < -0.4 is 4.90 Å². The van der Waals surface area contributed by atoms with Crippen LogP contribution in [0.2, 0.25) is 5.02 Å². The van der Waals surface area contributed by atoms with Gasteiger partial charge in [-0.2, -0.15) is 0 Å². The zero-order valence-corrected chi connectivity index (χ0v) is 18.1. The molecule has 1 aliphatic heterocycles. The van der Waals surface area contributed by atoms with E-state index >= 15 is 0 Å². The van der Waals surface area contributed by atoms with Crippen molar-refractivity contribution in [2.45, 2.75) is 38.3 Å². The summed E-state index contributed by atoms with van der Waals surface area (Å²) in [4.78, 5) is 27.9. The van der Waals surface area contributed by atoms with E-state index in [1.165, 1.54) is 4.90 Å². The first-order valence-electron chi connectivity index (χ1n) is 10.4. The normalized spacial score (nSPS) is 17.6. The minimum Gasteiger partial charge on any atom is -0.375 e. The quantitative estimate of drug-likeness (QED) is 0.514. The van der Waals surface area contributed by atoms with Crippen molar-refractivity contribution in [2.24, 2.45) is 0 Å².